The van der Waals surface area contributed by atoms with E-state index in [-0.39, 0.29) is 0 Å². The number of halogens is 1. The number of carbonyl (C=O) groups excluding carboxylic acids is 3. The molecule has 0 aromatic rings. The molecule has 0 saturated carbocycles. The number of carboxylic acid groups (broad SMARTS) is 1. The fraction of sp³-hybridized carbons (Fsp3) is 0.667. The van der Waals surface area contributed by atoms with E-state index in [9.17, 15) is 23.6 Å². The third kappa shape index (κ3) is 9.36. The van der Waals surface area contributed by atoms with Gasteiger partial charge < -0.3 is 20.5 Å². The zero-order valence-corrected chi connectivity index (χ0v) is 12.1. The van der Waals surface area contributed by atoms with Gasteiger partial charge in [0.2, 0.25) is 5.91 Å². The molecule has 8 nitrogen and oxygen atoms in total. The SMILES string of the molecule is CC(C)(C)OC(=O)NCC(=O)NC(CC(=O)O)C(=O)CF. The molecule has 0 spiro atoms. The summed E-state index contributed by atoms with van der Waals surface area (Å²) in [7, 11) is 0. The molecule has 0 aliphatic carbocycles. The molecule has 1 atom stereocenters. The Bertz CT molecular complexity index is 418. The van der Waals surface area contributed by atoms with Crippen LogP contribution in [0.5, 0.6) is 0 Å². The highest BCUT2D eigenvalue weighted by Crippen LogP contribution is 2.06. The Hall–Kier alpha value is -2.19. The Morgan fingerprint density at radius 2 is 1.81 bits per heavy atom. The van der Waals surface area contributed by atoms with Crippen LogP contribution in [0.4, 0.5) is 9.18 Å². The van der Waals surface area contributed by atoms with Crippen LogP contribution < -0.4 is 10.6 Å². The number of alkyl carbamates (subject to hydrolysis) is 1. The monoisotopic (exact) mass is 306 g/mol. The van der Waals surface area contributed by atoms with Gasteiger partial charge in [-0.1, -0.05) is 0 Å². The Morgan fingerprint density at radius 1 is 1.24 bits per heavy atom. The molecule has 3 N–H and O–H groups in total. The number of hydrogen-bond acceptors (Lipinski definition) is 5. The molecule has 0 aromatic heterocycles. The van der Waals surface area contributed by atoms with Gasteiger partial charge in [0.15, 0.2) is 5.78 Å². The second kappa shape index (κ2) is 8.18. The molecular weight excluding hydrogens is 287 g/mol. The molecule has 21 heavy (non-hydrogen) atoms. The normalized spacial score (nSPS) is 12.2. The van der Waals surface area contributed by atoms with Gasteiger partial charge in [-0.2, -0.15) is 0 Å². The molecule has 0 aromatic carbocycles. The molecule has 0 heterocycles. The highest BCUT2D eigenvalue weighted by atomic mass is 19.1. The molecule has 0 fully saturated rings. The Labute approximate surface area is 121 Å². The van der Waals surface area contributed by atoms with Gasteiger partial charge in [0.05, 0.1) is 6.42 Å². The minimum absolute atomic E-state index is 0.523. The highest BCUT2D eigenvalue weighted by Gasteiger charge is 2.24. The van der Waals surface area contributed by atoms with Crippen molar-refractivity contribution in [3.63, 3.8) is 0 Å². The van der Waals surface area contributed by atoms with Gasteiger partial charge in [-0.3, -0.25) is 14.4 Å². The van der Waals surface area contributed by atoms with Crippen molar-refractivity contribution in [2.45, 2.75) is 38.8 Å². The number of aliphatic carboxylic acids is 1. The first-order valence-electron chi connectivity index (χ1n) is 6.12. The van der Waals surface area contributed by atoms with E-state index >= 15 is 0 Å². The van der Waals surface area contributed by atoms with Gasteiger partial charge in [0.25, 0.3) is 0 Å². The van der Waals surface area contributed by atoms with Crippen LogP contribution in [0.25, 0.3) is 0 Å². The van der Waals surface area contributed by atoms with Crippen molar-refractivity contribution >= 4 is 23.8 Å². The van der Waals surface area contributed by atoms with Crippen LogP contribution in [0.1, 0.15) is 27.2 Å². The topological polar surface area (TPSA) is 122 Å². The summed E-state index contributed by atoms with van der Waals surface area (Å²) < 4.78 is 17.1. The first kappa shape index (κ1) is 18.8. The van der Waals surface area contributed by atoms with Crippen molar-refractivity contribution in [2.24, 2.45) is 0 Å². The number of hydrogen-bond donors (Lipinski definition) is 3. The third-order valence-electron chi connectivity index (χ3n) is 2.03. The van der Waals surface area contributed by atoms with Gasteiger partial charge in [-0.05, 0) is 20.8 Å². The molecule has 0 aliphatic rings. The molecule has 9 heteroatoms. The number of Topliss-reactive ketones (excluding diaryl/α,β-unsaturated/α-hetero) is 1. The van der Waals surface area contributed by atoms with Crippen LogP contribution in [-0.2, 0) is 19.1 Å². The smallest absolute Gasteiger partial charge is 0.408 e. The lowest BCUT2D eigenvalue weighted by Crippen LogP contribution is -2.47. The van der Waals surface area contributed by atoms with Crippen molar-refractivity contribution in [2.75, 3.05) is 13.2 Å². The standard InChI is InChI=1S/C12H19FN2O6/c1-12(2,3)21-11(20)14-6-9(17)15-7(4-10(18)19)8(16)5-13/h7H,4-6H2,1-3H3,(H,14,20)(H,15,17)(H,18,19). The summed E-state index contributed by atoms with van der Waals surface area (Å²) in [6.45, 7) is 2.99. The van der Waals surface area contributed by atoms with E-state index in [1.54, 1.807) is 20.8 Å². The Kier molecular flexibility index (Phi) is 7.32. The highest BCUT2D eigenvalue weighted by molar-refractivity contribution is 5.93. The molecule has 0 aliphatic heterocycles. The summed E-state index contributed by atoms with van der Waals surface area (Å²) in [6, 6.07) is -1.47. The molecule has 120 valence electrons. The molecule has 0 rings (SSSR count). The van der Waals surface area contributed by atoms with Crippen molar-refractivity contribution in [1.29, 1.82) is 0 Å². The molecule has 1 unspecified atom stereocenters. The van der Waals surface area contributed by atoms with E-state index in [0.717, 1.165) is 0 Å². The van der Waals surface area contributed by atoms with E-state index in [1.807, 2.05) is 5.32 Å². The number of ether oxygens (including phenoxy) is 1. The second-order valence-electron chi connectivity index (χ2n) is 5.17. The average molecular weight is 306 g/mol. The first-order valence-corrected chi connectivity index (χ1v) is 6.12. The fourth-order valence-corrected chi connectivity index (χ4v) is 1.23. The zero-order valence-electron chi connectivity index (χ0n) is 12.1. The Morgan fingerprint density at radius 3 is 2.24 bits per heavy atom. The van der Waals surface area contributed by atoms with Crippen LogP contribution >= 0.6 is 0 Å². The van der Waals surface area contributed by atoms with E-state index in [0.29, 0.717) is 0 Å². The summed E-state index contributed by atoms with van der Waals surface area (Å²) in [5, 5.41) is 12.7. The van der Waals surface area contributed by atoms with Crippen molar-refractivity contribution in [3.8, 4) is 0 Å². The number of carbonyl (C=O) groups is 4. The molecule has 0 bridgehead atoms. The lowest BCUT2D eigenvalue weighted by Gasteiger charge is -2.20. The molecular formula is C12H19FN2O6. The lowest BCUT2D eigenvalue weighted by atomic mass is 10.1. The molecule has 0 radical (unpaired) electrons. The number of amides is 2. The molecule has 2 amide bonds. The molecule has 0 saturated heterocycles. The predicted molar refractivity (Wildman–Crippen MR) is 69.4 cm³/mol. The number of rotatable bonds is 7. The van der Waals surface area contributed by atoms with E-state index in [1.165, 1.54) is 0 Å². The van der Waals surface area contributed by atoms with Crippen LogP contribution in [0.2, 0.25) is 0 Å². The van der Waals surface area contributed by atoms with Crippen molar-refractivity contribution < 1.29 is 33.4 Å². The van der Waals surface area contributed by atoms with Crippen molar-refractivity contribution in [3.05, 3.63) is 0 Å². The van der Waals surface area contributed by atoms with Gasteiger partial charge >= 0.3 is 12.1 Å². The summed E-state index contributed by atoms with van der Waals surface area (Å²) in [5.74, 6) is -3.24. The summed E-state index contributed by atoms with van der Waals surface area (Å²) in [5.41, 5.74) is -0.739. The van der Waals surface area contributed by atoms with Crippen LogP contribution in [0, 0.1) is 0 Å². The maximum atomic E-state index is 12.3. The van der Waals surface area contributed by atoms with Crippen LogP contribution in [0.15, 0.2) is 0 Å². The second-order valence-corrected chi connectivity index (χ2v) is 5.17. The van der Waals surface area contributed by atoms with Crippen molar-refractivity contribution in [1.82, 2.24) is 10.6 Å². The fourth-order valence-electron chi connectivity index (χ4n) is 1.23. The van der Waals surface area contributed by atoms with Gasteiger partial charge in [-0.15, -0.1) is 0 Å². The van der Waals surface area contributed by atoms with Crippen LogP contribution in [0.3, 0.4) is 0 Å². The van der Waals surface area contributed by atoms with E-state index < -0.39 is 55.0 Å². The van der Waals surface area contributed by atoms with Crippen LogP contribution in [-0.4, -0.2) is 53.7 Å². The minimum Gasteiger partial charge on any atom is -0.481 e. The number of ketones is 1. The average Bonchev–Trinajstić information content (AvgIpc) is 2.32. The third-order valence-corrected chi connectivity index (χ3v) is 2.03. The van der Waals surface area contributed by atoms with Gasteiger partial charge in [-0.25, -0.2) is 9.18 Å². The maximum Gasteiger partial charge on any atom is 0.408 e. The number of nitrogens with one attached hydrogen (secondary N) is 2. The maximum absolute atomic E-state index is 12.3. The minimum atomic E-state index is -1.47. The lowest BCUT2D eigenvalue weighted by molar-refractivity contribution is -0.140. The zero-order chi connectivity index (χ0) is 16.6. The summed E-state index contributed by atoms with van der Waals surface area (Å²) in [4.78, 5) is 44.4. The van der Waals surface area contributed by atoms with Gasteiger partial charge in [0.1, 0.15) is 24.9 Å². The quantitative estimate of drug-likeness (QED) is 0.609. The predicted octanol–water partition coefficient (Wildman–Crippen LogP) is 0.00920. The summed E-state index contributed by atoms with van der Waals surface area (Å²) >= 11 is 0. The van der Waals surface area contributed by atoms with E-state index in [2.05, 4.69) is 5.32 Å². The number of alkyl halides is 1. The number of carboxylic acids is 1. The Balaban J connectivity index is 4.35. The first-order chi connectivity index (χ1) is 9.55. The van der Waals surface area contributed by atoms with E-state index in [4.69, 9.17) is 9.84 Å². The summed E-state index contributed by atoms with van der Waals surface area (Å²) in [6.07, 6.45) is -1.58. The largest absolute Gasteiger partial charge is 0.481 e. The van der Waals surface area contributed by atoms with Gasteiger partial charge in [0, 0.05) is 0 Å².